The van der Waals surface area contributed by atoms with Gasteiger partial charge in [0.2, 0.25) is 0 Å². The summed E-state index contributed by atoms with van der Waals surface area (Å²) in [5.41, 5.74) is 2.00. The predicted molar refractivity (Wildman–Crippen MR) is 138 cm³/mol. The van der Waals surface area contributed by atoms with Gasteiger partial charge in [0.1, 0.15) is 12.4 Å². The number of hydrogen-bond acceptors (Lipinski definition) is 5. The van der Waals surface area contributed by atoms with Crippen molar-refractivity contribution >= 4 is 18.2 Å². The number of esters is 2. The molecule has 4 saturated carbocycles. The SMILES string of the molecule is C=C1C(=O)OC2CC3[C@]4(CC[C@]5(C)C(C(C)CCC=C(C)C=O)CC[C@@]35C)C[C@]4(CCC(=O)OC)C12. The van der Waals surface area contributed by atoms with Crippen LogP contribution >= 0.6 is 0 Å². The highest BCUT2D eigenvalue weighted by molar-refractivity contribution is 5.91. The predicted octanol–water partition coefficient (Wildman–Crippen LogP) is 6.21. The van der Waals surface area contributed by atoms with Gasteiger partial charge in [0.25, 0.3) is 0 Å². The Bertz CT molecular complexity index is 1010. The minimum absolute atomic E-state index is 0.0443. The summed E-state index contributed by atoms with van der Waals surface area (Å²) in [6.07, 6.45) is 13.0. The van der Waals surface area contributed by atoms with Crippen LogP contribution in [-0.2, 0) is 23.9 Å². The molecule has 1 saturated heterocycles. The van der Waals surface area contributed by atoms with E-state index >= 15 is 0 Å². The number of fused-ring (bicyclic) bond motifs is 4. The topological polar surface area (TPSA) is 69.7 Å². The van der Waals surface area contributed by atoms with Crippen LogP contribution in [0.3, 0.4) is 0 Å². The second-order valence-electron chi connectivity index (χ2n) is 13.4. The number of hydrogen-bond donors (Lipinski definition) is 0. The van der Waals surface area contributed by atoms with Gasteiger partial charge in [-0.3, -0.25) is 9.59 Å². The Morgan fingerprint density at radius 1 is 1.25 bits per heavy atom. The molecule has 1 spiro atoms. The molecule has 1 heterocycles. The van der Waals surface area contributed by atoms with Crippen molar-refractivity contribution in [2.24, 2.45) is 45.3 Å². The summed E-state index contributed by atoms with van der Waals surface area (Å²) in [4.78, 5) is 35.9. The van der Waals surface area contributed by atoms with E-state index in [2.05, 4.69) is 33.4 Å². The zero-order valence-electron chi connectivity index (χ0n) is 22.9. The van der Waals surface area contributed by atoms with Gasteiger partial charge in [-0.05, 0) is 110 Å². The van der Waals surface area contributed by atoms with E-state index in [1.165, 1.54) is 32.8 Å². The molecule has 36 heavy (non-hydrogen) atoms. The van der Waals surface area contributed by atoms with Gasteiger partial charge in [-0.2, -0.15) is 0 Å². The number of aldehydes is 1. The molecule has 5 aliphatic rings. The van der Waals surface area contributed by atoms with Crippen LogP contribution < -0.4 is 0 Å². The van der Waals surface area contributed by atoms with E-state index in [1.54, 1.807) is 0 Å². The minimum atomic E-state index is -0.229. The standard InChI is InChI=1S/C31H44O5/c1-19(17-32)8-7-9-20(2)22-10-12-29(5)24-16-23-26(21(3)27(34)36-23)31(13-11-25(33)35-6)18-30(24,31)15-14-28(22,29)4/h8,17,20,22-24,26H,3,7,9-16,18H2,1-2,4-6H3/t20?,22?,23?,24?,26?,28-,29+,30+,31-/m1/s1. The highest BCUT2D eigenvalue weighted by Gasteiger charge is 2.83. The maximum Gasteiger partial charge on any atom is 0.334 e. The summed E-state index contributed by atoms with van der Waals surface area (Å²) in [5, 5.41) is 0. The lowest BCUT2D eigenvalue weighted by molar-refractivity contribution is -0.158. The van der Waals surface area contributed by atoms with Gasteiger partial charge in [0, 0.05) is 17.9 Å². The summed E-state index contributed by atoms with van der Waals surface area (Å²) in [5.74, 6) is 1.41. The second-order valence-corrected chi connectivity index (χ2v) is 13.4. The molecule has 9 atom stereocenters. The van der Waals surface area contributed by atoms with E-state index in [0.29, 0.717) is 29.7 Å². The van der Waals surface area contributed by atoms with Crippen LogP contribution in [0.4, 0.5) is 0 Å². The number of allylic oxidation sites excluding steroid dienone is 2. The zero-order chi connectivity index (χ0) is 26.1. The van der Waals surface area contributed by atoms with Gasteiger partial charge in [-0.1, -0.05) is 33.4 Å². The van der Waals surface area contributed by atoms with Crippen LogP contribution in [0, 0.1) is 45.3 Å². The quantitative estimate of drug-likeness (QED) is 0.227. The number of carbonyl (C=O) groups is 3. The molecule has 5 fully saturated rings. The van der Waals surface area contributed by atoms with E-state index in [-0.39, 0.29) is 45.6 Å². The highest BCUT2D eigenvalue weighted by atomic mass is 16.6. The Balaban J connectivity index is 1.44. The maximum atomic E-state index is 12.7. The van der Waals surface area contributed by atoms with Gasteiger partial charge in [-0.25, -0.2) is 4.79 Å². The lowest BCUT2D eigenvalue weighted by atomic mass is 9.43. The molecule has 0 bridgehead atoms. The minimum Gasteiger partial charge on any atom is -0.469 e. The van der Waals surface area contributed by atoms with Crippen LogP contribution in [0.1, 0.15) is 91.9 Å². The number of methoxy groups -OCH3 is 1. The number of rotatable bonds is 8. The van der Waals surface area contributed by atoms with E-state index < -0.39 is 0 Å². The molecular weight excluding hydrogens is 452 g/mol. The number of ether oxygens (including phenoxy) is 2. The third kappa shape index (κ3) is 3.29. The average molecular weight is 497 g/mol. The van der Waals surface area contributed by atoms with Gasteiger partial charge >= 0.3 is 11.9 Å². The smallest absolute Gasteiger partial charge is 0.334 e. The Morgan fingerprint density at radius 3 is 2.69 bits per heavy atom. The third-order valence-corrected chi connectivity index (χ3v) is 12.4. The molecule has 5 rings (SSSR count). The van der Waals surface area contributed by atoms with E-state index in [0.717, 1.165) is 44.0 Å². The first-order valence-electron chi connectivity index (χ1n) is 14.1. The molecule has 0 aromatic carbocycles. The van der Waals surface area contributed by atoms with Crippen LogP contribution in [0.5, 0.6) is 0 Å². The largest absolute Gasteiger partial charge is 0.469 e. The van der Waals surface area contributed by atoms with Gasteiger partial charge in [-0.15, -0.1) is 0 Å². The van der Waals surface area contributed by atoms with Crippen LogP contribution in [-0.4, -0.2) is 31.4 Å². The molecule has 5 heteroatoms. The lowest BCUT2D eigenvalue weighted by Crippen LogP contribution is -2.56. The van der Waals surface area contributed by atoms with E-state index in [9.17, 15) is 14.4 Å². The third-order valence-electron chi connectivity index (χ3n) is 12.4. The Morgan fingerprint density at radius 2 is 2.00 bits per heavy atom. The highest BCUT2D eigenvalue weighted by Crippen LogP contribution is 2.88. The Labute approximate surface area is 216 Å². The first-order valence-corrected chi connectivity index (χ1v) is 14.1. The Hall–Kier alpha value is -1.91. The molecule has 4 aliphatic carbocycles. The molecular formula is C31H44O5. The van der Waals surface area contributed by atoms with Crippen molar-refractivity contribution in [1.82, 2.24) is 0 Å². The monoisotopic (exact) mass is 496 g/mol. The molecule has 198 valence electrons. The van der Waals surface area contributed by atoms with Crippen LogP contribution in [0.15, 0.2) is 23.8 Å². The fourth-order valence-corrected chi connectivity index (χ4v) is 10.4. The molecule has 0 aromatic rings. The van der Waals surface area contributed by atoms with Crippen molar-refractivity contribution in [3.63, 3.8) is 0 Å². The van der Waals surface area contributed by atoms with E-state index in [4.69, 9.17) is 9.47 Å². The molecule has 1 aliphatic heterocycles. The van der Waals surface area contributed by atoms with Crippen LogP contribution in [0.2, 0.25) is 0 Å². The number of carbonyl (C=O) groups excluding carboxylic acids is 3. The zero-order valence-corrected chi connectivity index (χ0v) is 22.9. The average Bonchev–Trinajstić information content (AvgIpc) is 3.31. The van der Waals surface area contributed by atoms with E-state index in [1.807, 2.05) is 6.92 Å². The summed E-state index contributed by atoms with van der Waals surface area (Å²) in [6, 6.07) is 0. The van der Waals surface area contributed by atoms with Crippen molar-refractivity contribution in [3.8, 4) is 0 Å². The Kier molecular flexibility index (Phi) is 6.12. The van der Waals surface area contributed by atoms with Gasteiger partial charge in [0.15, 0.2) is 0 Å². The normalized spacial score (nSPS) is 45.6. The van der Waals surface area contributed by atoms with Gasteiger partial charge < -0.3 is 9.47 Å². The van der Waals surface area contributed by atoms with Crippen molar-refractivity contribution in [2.75, 3.05) is 7.11 Å². The second kappa shape index (κ2) is 8.56. The van der Waals surface area contributed by atoms with Crippen LogP contribution in [0.25, 0.3) is 0 Å². The molecule has 5 unspecified atom stereocenters. The summed E-state index contributed by atoms with van der Waals surface area (Å²) in [6.45, 7) is 13.6. The summed E-state index contributed by atoms with van der Waals surface area (Å²) >= 11 is 0. The van der Waals surface area contributed by atoms with Crippen molar-refractivity contribution < 1.29 is 23.9 Å². The summed E-state index contributed by atoms with van der Waals surface area (Å²) < 4.78 is 11.0. The molecule has 5 nitrogen and oxygen atoms in total. The van der Waals surface area contributed by atoms with Crippen molar-refractivity contribution in [2.45, 2.75) is 98.0 Å². The first-order chi connectivity index (χ1) is 17.0. The first kappa shape index (κ1) is 25.7. The lowest BCUT2D eigenvalue weighted by Gasteiger charge is -2.61. The fraction of sp³-hybridized carbons (Fsp3) is 0.774. The van der Waals surface area contributed by atoms with Crippen molar-refractivity contribution in [3.05, 3.63) is 23.8 Å². The van der Waals surface area contributed by atoms with Gasteiger partial charge in [0.05, 0.1) is 7.11 Å². The molecule has 0 amide bonds. The molecule has 0 radical (unpaired) electrons. The molecule has 0 aromatic heterocycles. The fourth-order valence-electron chi connectivity index (χ4n) is 10.4. The maximum absolute atomic E-state index is 12.7. The summed E-state index contributed by atoms with van der Waals surface area (Å²) in [7, 11) is 1.46. The van der Waals surface area contributed by atoms with Crippen molar-refractivity contribution in [1.29, 1.82) is 0 Å². The molecule has 0 N–H and O–H groups in total.